The second-order valence-corrected chi connectivity index (χ2v) is 4.81. The molecule has 0 aliphatic carbocycles. The van der Waals surface area contributed by atoms with Gasteiger partial charge in [0.1, 0.15) is 0 Å². The van der Waals surface area contributed by atoms with Crippen molar-refractivity contribution in [3.05, 3.63) is 29.3 Å². The van der Waals surface area contributed by atoms with Gasteiger partial charge in [0.15, 0.2) is 0 Å². The minimum atomic E-state index is -0.00926. The van der Waals surface area contributed by atoms with Gasteiger partial charge in [-0.25, -0.2) is 0 Å². The molecule has 0 radical (unpaired) electrons. The average Bonchev–Trinajstić information content (AvgIpc) is 2.61. The molecule has 1 amide bonds. The molecule has 6 heteroatoms. The Labute approximate surface area is 124 Å². The molecule has 19 heavy (non-hydrogen) atoms. The first kappa shape index (κ1) is 16.2. The number of amides is 1. The predicted molar refractivity (Wildman–Crippen MR) is 81.3 cm³/mol. The van der Waals surface area contributed by atoms with Gasteiger partial charge in [-0.2, -0.15) is 0 Å². The molecule has 2 rings (SSSR count). The van der Waals surface area contributed by atoms with E-state index in [4.69, 9.17) is 11.6 Å². The van der Waals surface area contributed by atoms with Crippen LogP contribution in [0.1, 0.15) is 6.42 Å². The first-order chi connectivity index (χ1) is 8.75. The first-order valence-electron chi connectivity index (χ1n) is 6.23. The molecule has 1 aromatic carbocycles. The van der Waals surface area contributed by atoms with Crippen LogP contribution in [0.15, 0.2) is 24.3 Å². The highest BCUT2D eigenvalue weighted by Gasteiger charge is 2.13. The van der Waals surface area contributed by atoms with Crippen molar-refractivity contribution in [3.63, 3.8) is 0 Å². The second-order valence-electron chi connectivity index (χ2n) is 4.41. The van der Waals surface area contributed by atoms with Crippen LogP contribution in [0.3, 0.4) is 0 Å². The fraction of sp³-hybridized carbons (Fsp3) is 0.462. The lowest BCUT2D eigenvalue weighted by Gasteiger charge is -2.18. The van der Waals surface area contributed by atoms with Gasteiger partial charge in [-0.15, -0.1) is 12.4 Å². The molecule has 0 saturated carbocycles. The Kier molecular flexibility index (Phi) is 7.16. The molecule has 1 aromatic rings. The molecule has 0 spiro atoms. The highest BCUT2D eigenvalue weighted by molar-refractivity contribution is 6.33. The summed E-state index contributed by atoms with van der Waals surface area (Å²) in [6.07, 6.45) is 1.08. The summed E-state index contributed by atoms with van der Waals surface area (Å²) in [5.74, 6) is -0.00926. The van der Waals surface area contributed by atoms with Crippen LogP contribution < -0.4 is 10.6 Å². The third-order valence-electron chi connectivity index (χ3n) is 2.95. The minimum Gasteiger partial charge on any atom is -0.324 e. The number of carbonyl (C=O) groups excluding carboxylic acids is 1. The zero-order valence-corrected chi connectivity index (χ0v) is 12.3. The summed E-state index contributed by atoms with van der Waals surface area (Å²) in [5, 5.41) is 6.73. The lowest BCUT2D eigenvalue weighted by atomic mass is 10.3. The smallest absolute Gasteiger partial charge is 0.238 e. The molecule has 0 aromatic heterocycles. The standard InChI is InChI=1S/C13H18ClN3O.ClH/c14-11-4-1-2-5-12(11)16-13(18)10-17-8-3-6-15-7-9-17;/h1-2,4-5,15H,3,6-10H2,(H,16,18);1H. The predicted octanol–water partition coefficient (Wildman–Crippen LogP) is 2.00. The summed E-state index contributed by atoms with van der Waals surface area (Å²) in [5.41, 5.74) is 0.678. The van der Waals surface area contributed by atoms with Crippen LogP contribution in [0.5, 0.6) is 0 Å². The largest absolute Gasteiger partial charge is 0.324 e. The molecule has 106 valence electrons. The van der Waals surface area contributed by atoms with Crippen molar-refractivity contribution in [2.24, 2.45) is 0 Å². The Morgan fingerprint density at radius 3 is 2.89 bits per heavy atom. The van der Waals surface area contributed by atoms with E-state index in [9.17, 15) is 4.79 Å². The third kappa shape index (κ3) is 5.37. The SMILES string of the molecule is Cl.O=C(CN1CCCNCC1)Nc1ccccc1Cl. The van der Waals surface area contributed by atoms with E-state index in [1.165, 1.54) is 0 Å². The van der Waals surface area contributed by atoms with E-state index >= 15 is 0 Å². The molecule has 1 fully saturated rings. The van der Waals surface area contributed by atoms with Crippen LogP contribution in [0.4, 0.5) is 5.69 Å². The van der Waals surface area contributed by atoms with Crippen LogP contribution in [0.25, 0.3) is 0 Å². The molecule has 1 saturated heterocycles. The van der Waals surface area contributed by atoms with Crippen LogP contribution in [-0.4, -0.2) is 43.5 Å². The van der Waals surface area contributed by atoms with E-state index < -0.39 is 0 Å². The Balaban J connectivity index is 0.00000180. The molecular formula is C13H19Cl2N3O. The zero-order valence-electron chi connectivity index (χ0n) is 10.7. The van der Waals surface area contributed by atoms with Crippen LogP contribution in [0, 0.1) is 0 Å². The molecule has 0 unspecified atom stereocenters. The molecule has 0 bridgehead atoms. The van der Waals surface area contributed by atoms with Crippen LogP contribution in [0.2, 0.25) is 5.02 Å². The molecule has 2 N–H and O–H groups in total. The van der Waals surface area contributed by atoms with E-state index in [0.717, 1.165) is 32.6 Å². The second kappa shape index (κ2) is 8.38. The maximum Gasteiger partial charge on any atom is 0.238 e. The molecular weight excluding hydrogens is 285 g/mol. The van der Waals surface area contributed by atoms with Crippen molar-refractivity contribution in [1.29, 1.82) is 0 Å². The number of hydrogen-bond donors (Lipinski definition) is 2. The number of benzene rings is 1. The van der Waals surface area contributed by atoms with Crippen molar-refractivity contribution in [1.82, 2.24) is 10.2 Å². The van der Waals surface area contributed by atoms with Crippen molar-refractivity contribution >= 4 is 35.6 Å². The van der Waals surface area contributed by atoms with E-state index in [1.54, 1.807) is 6.07 Å². The Bertz CT molecular complexity index is 407. The van der Waals surface area contributed by atoms with E-state index in [-0.39, 0.29) is 18.3 Å². The minimum absolute atomic E-state index is 0. The number of anilines is 1. The molecule has 1 aliphatic rings. The Morgan fingerprint density at radius 1 is 1.32 bits per heavy atom. The summed E-state index contributed by atoms with van der Waals surface area (Å²) in [6, 6.07) is 7.28. The van der Waals surface area contributed by atoms with Crippen molar-refractivity contribution < 1.29 is 4.79 Å². The molecule has 1 aliphatic heterocycles. The maximum atomic E-state index is 11.9. The summed E-state index contributed by atoms with van der Waals surface area (Å²) >= 11 is 6.00. The number of carbonyl (C=O) groups is 1. The molecule has 4 nitrogen and oxygen atoms in total. The lowest BCUT2D eigenvalue weighted by Crippen LogP contribution is -2.35. The first-order valence-corrected chi connectivity index (χ1v) is 6.61. The van der Waals surface area contributed by atoms with Crippen LogP contribution >= 0.6 is 24.0 Å². The van der Waals surface area contributed by atoms with Gasteiger partial charge in [0.2, 0.25) is 5.91 Å². The summed E-state index contributed by atoms with van der Waals surface area (Å²) in [7, 11) is 0. The van der Waals surface area contributed by atoms with E-state index in [1.807, 2.05) is 18.2 Å². The van der Waals surface area contributed by atoms with Gasteiger partial charge in [0.05, 0.1) is 17.3 Å². The monoisotopic (exact) mass is 303 g/mol. The normalized spacial score (nSPS) is 16.3. The topological polar surface area (TPSA) is 44.4 Å². The zero-order chi connectivity index (χ0) is 12.8. The van der Waals surface area contributed by atoms with Gasteiger partial charge in [0.25, 0.3) is 0 Å². The molecule has 1 heterocycles. The van der Waals surface area contributed by atoms with Gasteiger partial charge < -0.3 is 10.6 Å². The summed E-state index contributed by atoms with van der Waals surface area (Å²) < 4.78 is 0. The highest BCUT2D eigenvalue weighted by Crippen LogP contribution is 2.20. The lowest BCUT2D eigenvalue weighted by molar-refractivity contribution is -0.117. The number of nitrogens with one attached hydrogen (secondary N) is 2. The highest BCUT2D eigenvalue weighted by atomic mass is 35.5. The number of hydrogen-bond acceptors (Lipinski definition) is 3. The van der Waals surface area contributed by atoms with E-state index in [0.29, 0.717) is 17.3 Å². The maximum absolute atomic E-state index is 11.9. The summed E-state index contributed by atoms with van der Waals surface area (Å²) in [4.78, 5) is 14.1. The third-order valence-corrected chi connectivity index (χ3v) is 3.28. The molecule has 0 atom stereocenters. The quantitative estimate of drug-likeness (QED) is 0.898. The Hall–Kier alpha value is -0.810. The number of para-hydroxylation sites is 1. The van der Waals surface area contributed by atoms with Gasteiger partial charge in [0, 0.05) is 13.1 Å². The van der Waals surface area contributed by atoms with Crippen molar-refractivity contribution in [2.45, 2.75) is 6.42 Å². The van der Waals surface area contributed by atoms with Gasteiger partial charge in [-0.05, 0) is 31.6 Å². The number of halogens is 2. The van der Waals surface area contributed by atoms with Gasteiger partial charge in [-0.1, -0.05) is 23.7 Å². The fourth-order valence-electron chi connectivity index (χ4n) is 2.02. The average molecular weight is 304 g/mol. The van der Waals surface area contributed by atoms with Crippen LogP contribution in [-0.2, 0) is 4.79 Å². The number of rotatable bonds is 3. The van der Waals surface area contributed by atoms with Gasteiger partial charge in [-0.3, -0.25) is 9.69 Å². The fourth-order valence-corrected chi connectivity index (χ4v) is 2.20. The Morgan fingerprint density at radius 2 is 2.11 bits per heavy atom. The summed E-state index contributed by atoms with van der Waals surface area (Å²) in [6.45, 7) is 4.27. The van der Waals surface area contributed by atoms with E-state index in [2.05, 4.69) is 15.5 Å². The van der Waals surface area contributed by atoms with Crippen molar-refractivity contribution in [2.75, 3.05) is 38.0 Å². The van der Waals surface area contributed by atoms with Gasteiger partial charge >= 0.3 is 0 Å². The number of nitrogens with zero attached hydrogens (tertiary/aromatic N) is 1. The van der Waals surface area contributed by atoms with Crippen molar-refractivity contribution in [3.8, 4) is 0 Å².